The number of fused-ring (bicyclic) bond motifs is 1. The number of rotatable bonds is 8. The lowest BCUT2D eigenvalue weighted by Crippen LogP contribution is -2.21. The smallest absolute Gasteiger partial charge is 0.0578 e. The van der Waals surface area contributed by atoms with Gasteiger partial charge in [0.05, 0.1) is 6.54 Å². The molecule has 2 rings (SSSR count). The first-order valence-electron chi connectivity index (χ1n) is 8.63. The van der Waals surface area contributed by atoms with Gasteiger partial charge in [0.2, 0.25) is 0 Å². The second-order valence-electron chi connectivity index (χ2n) is 5.91. The third-order valence-electron chi connectivity index (χ3n) is 4.07. The van der Waals surface area contributed by atoms with Crippen LogP contribution in [0.4, 0.5) is 0 Å². The Morgan fingerprint density at radius 3 is 2.74 bits per heavy atom. The Kier molecular flexibility index (Phi) is 9.83. The largest absolute Gasteiger partial charge is 0.550 e. The molecule has 0 saturated heterocycles. The fourth-order valence-corrected chi connectivity index (χ4v) is 2.82. The first-order valence-corrected chi connectivity index (χ1v) is 8.63. The predicted octanol–water partition coefficient (Wildman–Crippen LogP) is 2.99. The van der Waals surface area contributed by atoms with E-state index < -0.39 is 5.97 Å². The second-order valence-corrected chi connectivity index (χ2v) is 5.91. The number of aliphatic carboxylic acids is 1. The van der Waals surface area contributed by atoms with E-state index in [1.165, 1.54) is 36.8 Å². The SMILES string of the molecule is C#CCN[C@@H]1CCc2ccccc21.CCCCCCCC(=O)[O-]. The molecule has 0 aromatic heterocycles. The Bertz CT molecular complexity index is 505. The molecule has 0 heterocycles. The molecule has 0 aliphatic heterocycles. The zero-order valence-electron chi connectivity index (χ0n) is 14.1. The second kappa shape index (κ2) is 11.7. The number of carbonyl (C=O) groups is 1. The molecule has 1 atom stereocenters. The van der Waals surface area contributed by atoms with E-state index in [1.54, 1.807) is 0 Å². The van der Waals surface area contributed by atoms with E-state index in [9.17, 15) is 9.90 Å². The molecule has 0 bridgehead atoms. The van der Waals surface area contributed by atoms with Crippen molar-refractivity contribution in [3.8, 4) is 12.3 Å². The lowest BCUT2D eigenvalue weighted by Gasteiger charge is -2.10. The van der Waals surface area contributed by atoms with Gasteiger partial charge in [-0.1, -0.05) is 62.8 Å². The van der Waals surface area contributed by atoms with Crippen LogP contribution in [0.3, 0.4) is 0 Å². The number of hydrogen-bond donors (Lipinski definition) is 1. The highest BCUT2D eigenvalue weighted by Gasteiger charge is 2.20. The van der Waals surface area contributed by atoms with Crippen LogP contribution in [0.1, 0.15) is 69.0 Å². The highest BCUT2D eigenvalue weighted by molar-refractivity contribution is 5.64. The summed E-state index contributed by atoms with van der Waals surface area (Å²) in [5.41, 5.74) is 2.90. The predicted molar refractivity (Wildman–Crippen MR) is 92.7 cm³/mol. The first kappa shape index (κ1) is 19.3. The van der Waals surface area contributed by atoms with Crippen LogP contribution in [0.15, 0.2) is 24.3 Å². The Morgan fingerprint density at radius 1 is 1.30 bits per heavy atom. The van der Waals surface area contributed by atoms with Gasteiger partial charge in [-0.3, -0.25) is 5.32 Å². The molecule has 1 aromatic rings. The lowest BCUT2D eigenvalue weighted by molar-refractivity contribution is -0.305. The molecule has 1 N–H and O–H groups in total. The molecule has 1 aliphatic carbocycles. The highest BCUT2D eigenvalue weighted by atomic mass is 16.4. The molecule has 1 aliphatic rings. The summed E-state index contributed by atoms with van der Waals surface area (Å²) in [5.74, 6) is 1.69. The van der Waals surface area contributed by atoms with Crippen molar-refractivity contribution in [1.82, 2.24) is 5.32 Å². The van der Waals surface area contributed by atoms with Gasteiger partial charge in [0.25, 0.3) is 0 Å². The number of terminal acetylenes is 1. The minimum absolute atomic E-state index is 0.226. The summed E-state index contributed by atoms with van der Waals surface area (Å²) in [6, 6.07) is 9.06. The minimum atomic E-state index is -0.920. The third-order valence-corrected chi connectivity index (χ3v) is 4.07. The van der Waals surface area contributed by atoms with Gasteiger partial charge in [-0.25, -0.2) is 0 Å². The van der Waals surface area contributed by atoms with Gasteiger partial charge in [0.1, 0.15) is 0 Å². The van der Waals surface area contributed by atoms with Crippen molar-refractivity contribution in [3.05, 3.63) is 35.4 Å². The molecule has 3 heteroatoms. The van der Waals surface area contributed by atoms with Gasteiger partial charge < -0.3 is 9.90 Å². The summed E-state index contributed by atoms with van der Waals surface area (Å²) in [6.45, 7) is 2.80. The quantitative estimate of drug-likeness (QED) is 0.593. The van der Waals surface area contributed by atoms with E-state index in [-0.39, 0.29) is 6.42 Å². The van der Waals surface area contributed by atoms with Gasteiger partial charge in [-0.2, -0.15) is 0 Å². The summed E-state index contributed by atoms with van der Waals surface area (Å²) < 4.78 is 0. The normalized spacial score (nSPS) is 15.2. The average Bonchev–Trinajstić information content (AvgIpc) is 2.96. The van der Waals surface area contributed by atoms with E-state index in [0.717, 1.165) is 19.3 Å². The molecular formula is C20H28NO2-. The standard InChI is InChI=1S/C12H13N.C8H16O2/c1-2-9-13-12-8-7-10-5-3-4-6-11(10)12;1-2-3-4-5-6-7-8(9)10/h1,3-6,12-13H,7-9H2;2-7H2,1H3,(H,9,10)/p-1/t12-;/m1./s1. The maximum absolute atomic E-state index is 9.92. The molecule has 0 radical (unpaired) electrons. The molecule has 0 amide bonds. The molecule has 126 valence electrons. The number of hydrogen-bond acceptors (Lipinski definition) is 3. The zero-order chi connectivity index (χ0) is 16.9. The first-order chi connectivity index (χ1) is 11.2. The third kappa shape index (κ3) is 7.85. The summed E-state index contributed by atoms with van der Waals surface area (Å²) in [5, 5.41) is 13.3. The van der Waals surface area contributed by atoms with Crippen LogP contribution in [-0.2, 0) is 11.2 Å². The number of carbonyl (C=O) groups excluding carboxylic acids is 1. The molecule has 3 nitrogen and oxygen atoms in total. The molecule has 0 saturated carbocycles. The van der Waals surface area contributed by atoms with E-state index in [0.29, 0.717) is 12.6 Å². The van der Waals surface area contributed by atoms with Gasteiger partial charge in [0.15, 0.2) is 0 Å². The Balaban J connectivity index is 0.000000241. The van der Waals surface area contributed by atoms with Crippen LogP contribution in [0.25, 0.3) is 0 Å². The number of nitrogens with one attached hydrogen (secondary N) is 1. The van der Waals surface area contributed by atoms with Crippen molar-refractivity contribution in [2.75, 3.05) is 6.54 Å². The van der Waals surface area contributed by atoms with Crippen molar-refractivity contribution in [1.29, 1.82) is 0 Å². The molecule has 0 fully saturated rings. The number of aryl methyl sites for hydroxylation is 1. The van der Waals surface area contributed by atoms with Gasteiger partial charge in [-0.05, 0) is 36.8 Å². The van der Waals surface area contributed by atoms with Crippen LogP contribution >= 0.6 is 0 Å². The van der Waals surface area contributed by atoms with Crippen molar-refractivity contribution in [3.63, 3.8) is 0 Å². The maximum Gasteiger partial charge on any atom is 0.0578 e. The van der Waals surface area contributed by atoms with Crippen LogP contribution in [0.5, 0.6) is 0 Å². The lowest BCUT2D eigenvalue weighted by atomic mass is 10.1. The molecule has 0 unspecified atom stereocenters. The zero-order valence-corrected chi connectivity index (χ0v) is 14.1. The highest BCUT2D eigenvalue weighted by Crippen LogP contribution is 2.30. The summed E-state index contributed by atoms with van der Waals surface area (Å²) in [6.07, 6.45) is 13.2. The Morgan fingerprint density at radius 2 is 2.04 bits per heavy atom. The molecule has 0 spiro atoms. The molecule has 1 aromatic carbocycles. The number of benzene rings is 1. The van der Waals surface area contributed by atoms with Crippen LogP contribution in [-0.4, -0.2) is 12.5 Å². The van der Waals surface area contributed by atoms with Crippen molar-refractivity contribution in [2.45, 2.75) is 64.3 Å². The van der Waals surface area contributed by atoms with Gasteiger partial charge >= 0.3 is 0 Å². The van der Waals surface area contributed by atoms with E-state index in [1.807, 2.05) is 0 Å². The average molecular weight is 314 g/mol. The number of unbranched alkanes of at least 4 members (excludes halogenated alkanes) is 4. The topological polar surface area (TPSA) is 52.2 Å². The van der Waals surface area contributed by atoms with Crippen molar-refractivity contribution < 1.29 is 9.90 Å². The van der Waals surface area contributed by atoms with Gasteiger partial charge in [-0.15, -0.1) is 6.42 Å². The monoisotopic (exact) mass is 314 g/mol. The Labute approximate surface area is 140 Å². The fraction of sp³-hybridized carbons (Fsp3) is 0.550. The van der Waals surface area contributed by atoms with Crippen molar-refractivity contribution in [2.24, 2.45) is 0 Å². The summed E-state index contributed by atoms with van der Waals surface area (Å²) in [7, 11) is 0. The van der Waals surface area contributed by atoms with E-state index in [2.05, 4.69) is 42.4 Å². The number of carboxylic acids is 1. The number of carboxylic acid groups (broad SMARTS) is 1. The molecular weight excluding hydrogens is 286 g/mol. The van der Waals surface area contributed by atoms with Crippen LogP contribution in [0, 0.1) is 12.3 Å². The Hall–Kier alpha value is -1.79. The fourth-order valence-electron chi connectivity index (χ4n) is 2.82. The van der Waals surface area contributed by atoms with Crippen molar-refractivity contribution >= 4 is 5.97 Å². The van der Waals surface area contributed by atoms with E-state index >= 15 is 0 Å². The summed E-state index contributed by atoms with van der Waals surface area (Å²) >= 11 is 0. The van der Waals surface area contributed by atoms with Crippen LogP contribution in [0.2, 0.25) is 0 Å². The minimum Gasteiger partial charge on any atom is -0.550 e. The van der Waals surface area contributed by atoms with Gasteiger partial charge in [0, 0.05) is 12.0 Å². The maximum atomic E-state index is 9.92. The van der Waals surface area contributed by atoms with E-state index in [4.69, 9.17) is 6.42 Å². The molecule has 23 heavy (non-hydrogen) atoms. The van der Waals surface area contributed by atoms with Crippen LogP contribution < -0.4 is 10.4 Å². The summed E-state index contributed by atoms with van der Waals surface area (Å²) in [4.78, 5) is 9.92.